The Bertz CT molecular complexity index is 1470. The molecule has 4 amide bonds. The summed E-state index contributed by atoms with van der Waals surface area (Å²) in [6.45, 7) is 1.60. The van der Waals surface area contributed by atoms with Crippen LogP contribution in [-0.2, 0) is 29.4 Å². The second-order valence-electron chi connectivity index (χ2n) is 10.3. The van der Waals surface area contributed by atoms with E-state index in [4.69, 9.17) is 9.79 Å². The van der Waals surface area contributed by atoms with Crippen molar-refractivity contribution in [2.24, 2.45) is 0 Å². The first kappa shape index (κ1) is 32.7. The third kappa shape index (κ3) is 7.66. The molecule has 15 heteroatoms. The van der Waals surface area contributed by atoms with Crippen molar-refractivity contribution in [2.75, 3.05) is 18.4 Å². The van der Waals surface area contributed by atoms with Gasteiger partial charge in [-0.3, -0.25) is 23.7 Å². The summed E-state index contributed by atoms with van der Waals surface area (Å²) in [5.41, 5.74) is -4.38. The van der Waals surface area contributed by atoms with Crippen LogP contribution in [0, 0.1) is 3.57 Å². The largest absolute Gasteiger partial charge is 0.399 e. The molecule has 2 saturated heterocycles. The molecule has 11 nitrogen and oxygen atoms in total. The van der Waals surface area contributed by atoms with E-state index < -0.39 is 42.7 Å². The van der Waals surface area contributed by atoms with E-state index in [0.717, 1.165) is 33.9 Å². The summed E-state index contributed by atoms with van der Waals surface area (Å²) in [4.78, 5) is 73.0. The Hall–Kier alpha value is -3.20. The van der Waals surface area contributed by atoms with E-state index in [-0.39, 0.29) is 30.0 Å². The Labute approximate surface area is 260 Å². The monoisotopic (exact) mass is 730 g/mol. The summed E-state index contributed by atoms with van der Waals surface area (Å²) < 4.78 is 39.9. The summed E-state index contributed by atoms with van der Waals surface area (Å²) in [5.74, 6) is -1.82. The Kier molecular flexibility index (Phi) is 10.0. The first-order valence-electron chi connectivity index (χ1n) is 13.3. The van der Waals surface area contributed by atoms with Crippen LogP contribution >= 0.6 is 30.2 Å². The van der Waals surface area contributed by atoms with Gasteiger partial charge >= 0.3 is 13.3 Å². The number of benzene rings is 2. The lowest BCUT2D eigenvalue weighted by atomic mass is 10.1. The third-order valence-corrected chi connectivity index (χ3v) is 9.13. The molecule has 2 aliphatic heterocycles. The molecule has 0 aromatic heterocycles. The number of rotatable bonds is 7. The molecule has 2 heterocycles. The lowest BCUT2D eigenvalue weighted by Gasteiger charge is -2.38. The maximum Gasteiger partial charge on any atom is 0.399 e. The molecule has 2 aromatic rings. The molecule has 4 rings (SSSR count). The van der Waals surface area contributed by atoms with Gasteiger partial charge in [-0.25, -0.2) is 0 Å². The minimum absolute atomic E-state index is 0.103. The maximum atomic E-state index is 13.9. The van der Waals surface area contributed by atoms with E-state index in [9.17, 15) is 32.5 Å². The molecule has 0 saturated carbocycles. The van der Waals surface area contributed by atoms with Crippen molar-refractivity contribution in [3.63, 3.8) is 0 Å². The molecular weight excluding hydrogens is 700 g/mol. The van der Waals surface area contributed by atoms with Crippen LogP contribution in [0.3, 0.4) is 0 Å². The van der Waals surface area contributed by atoms with E-state index >= 15 is 0 Å². The smallest absolute Gasteiger partial charge is 0.340 e. The van der Waals surface area contributed by atoms with Crippen LogP contribution in [-0.4, -0.2) is 74.4 Å². The normalized spacial score (nSPS) is 21.3. The molecule has 3 atom stereocenters. The third-order valence-electron chi connectivity index (χ3n) is 7.42. The lowest BCUT2D eigenvalue weighted by molar-refractivity contribution is -0.145. The Morgan fingerprint density at radius 2 is 1.70 bits per heavy atom. The highest BCUT2D eigenvalue weighted by molar-refractivity contribution is 14.1. The molecule has 2 fully saturated rings. The highest BCUT2D eigenvalue weighted by atomic mass is 127. The standard InChI is InChI=1S/C28H30F2IN4O7P/c1-17(36)34-15-14-22-11-12-24(26(38)32-21-9-7-20(31)8-10-21)35(22)27(39)23(16-34)33-25(37)13-4-18-2-5-19(6-3-18)28(29,30)43(40,41)42/h2-10,13,22-24H,11-12,14-16H2,1H3,(H,32,38)(H,33,37)(H2,40,41,42)/b13-4+/t22-,23+,24+/m1/s1. The first-order chi connectivity index (χ1) is 20.2. The molecule has 0 bridgehead atoms. The molecule has 0 unspecified atom stereocenters. The summed E-state index contributed by atoms with van der Waals surface area (Å²) in [7, 11) is -5.73. The van der Waals surface area contributed by atoms with Gasteiger partial charge in [0.15, 0.2) is 0 Å². The van der Waals surface area contributed by atoms with Crippen molar-refractivity contribution in [3.05, 3.63) is 69.3 Å². The van der Waals surface area contributed by atoms with Gasteiger partial charge in [0.05, 0.1) is 0 Å². The lowest BCUT2D eigenvalue weighted by Crippen LogP contribution is -2.60. The van der Waals surface area contributed by atoms with E-state index in [0.29, 0.717) is 31.5 Å². The van der Waals surface area contributed by atoms with Gasteiger partial charge in [0.25, 0.3) is 0 Å². The molecule has 2 aromatic carbocycles. The van der Waals surface area contributed by atoms with Crippen molar-refractivity contribution < 1.29 is 42.3 Å². The van der Waals surface area contributed by atoms with Gasteiger partial charge in [-0.2, -0.15) is 8.78 Å². The highest BCUT2D eigenvalue weighted by Crippen LogP contribution is 2.59. The van der Waals surface area contributed by atoms with E-state index in [1.807, 2.05) is 12.1 Å². The number of nitrogens with one attached hydrogen (secondary N) is 2. The number of nitrogens with zero attached hydrogens (tertiary/aromatic N) is 2. The molecular formula is C28H30F2IN4O7P. The van der Waals surface area contributed by atoms with Crippen molar-refractivity contribution >= 4 is 65.6 Å². The molecule has 0 radical (unpaired) electrons. The van der Waals surface area contributed by atoms with Crippen LogP contribution in [0.2, 0.25) is 0 Å². The Morgan fingerprint density at radius 3 is 2.30 bits per heavy atom. The Morgan fingerprint density at radius 1 is 1.05 bits per heavy atom. The van der Waals surface area contributed by atoms with Crippen molar-refractivity contribution in [2.45, 2.75) is 50.0 Å². The fourth-order valence-corrected chi connectivity index (χ4v) is 5.98. The SMILES string of the molecule is CC(=O)N1CC[C@H]2CC[C@@H](C(=O)Nc3ccc(I)cc3)N2C(=O)[C@@H](NC(=O)/C=C/c2ccc(C(F)(F)P(=O)(O)O)cc2)C1. The second-order valence-corrected chi connectivity index (χ2v) is 13.2. The zero-order chi connectivity index (χ0) is 31.5. The minimum atomic E-state index is -5.73. The minimum Gasteiger partial charge on any atom is -0.340 e. The summed E-state index contributed by atoms with van der Waals surface area (Å²) in [5, 5.41) is 5.46. The predicted molar refractivity (Wildman–Crippen MR) is 162 cm³/mol. The van der Waals surface area contributed by atoms with Gasteiger partial charge in [0.1, 0.15) is 12.1 Å². The number of carbonyl (C=O) groups excluding carboxylic acids is 4. The van der Waals surface area contributed by atoms with E-state index in [2.05, 4.69) is 33.2 Å². The average Bonchev–Trinajstić information content (AvgIpc) is 3.36. The number of hydrogen-bond donors (Lipinski definition) is 4. The fourth-order valence-electron chi connectivity index (χ4n) is 5.14. The van der Waals surface area contributed by atoms with Crippen molar-refractivity contribution in [1.29, 1.82) is 0 Å². The topological polar surface area (TPSA) is 156 Å². The summed E-state index contributed by atoms with van der Waals surface area (Å²) in [6.07, 6.45) is 3.81. The Balaban J connectivity index is 1.49. The van der Waals surface area contributed by atoms with Crippen molar-refractivity contribution in [3.8, 4) is 0 Å². The molecule has 2 aliphatic rings. The number of amides is 4. The predicted octanol–water partition coefficient (Wildman–Crippen LogP) is 3.27. The van der Waals surface area contributed by atoms with E-state index in [1.165, 1.54) is 22.8 Å². The van der Waals surface area contributed by atoms with Gasteiger partial charge in [0.2, 0.25) is 23.6 Å². The van der Waals surface area contributed by atoms with Crippen LogP contribution in [0.15, 0.2) is 54.6 Å². The van der Waals surface area contributed by atoms with Crippen LogP contribution in [0.4, 0.5) is 14.5 Å². The molecule has 4 N–H and O–H groups in total. The summed E-state index contributed by atoms with van der Waals surface area (Å²) >= 11 is 2.15. The first-order valence-corrected chi connectivity index (χ1v) is 16.0. The van der Waals surface area contributed by atoms with Gasteiger partial charge in [-0.15, -0.1) is 0 Å². The zero-order valence-electron chi connectivity index (χ0n) is 23.0. The van der Waals surface area contributed by atoms with Crippen LogP contribution in [0.5, 0.6) is 0 Å². The quantitative estimate of drug-likeness (QED) is 0.194. The van der Waals surface area contributed by atoms with Crippen molar-refractivity contribution in [1.82, 2.24) is 15.1 Å². The van der Waals surface area contributed by atoms with E-state index in [1.54, 1.807) is 12.1 Å². The maximum absolute atomic E-state index is 13.9. The number of alkyl halides is 2. The fraction of sp³-hybridized carbons (Fsp3) is 0.357. The molecule has 43 heavy (non-hydrogen) atoms. The van der Waals surface area contributed by atoms with Crippen LogP contribution in [0.25, 0.3) is 6.08 Å². The number of anilines is 1. The summed E-state index contributed by atoms with van der Waals surface area (Å²) in [6, 6.07) is 8.99. The molecule has 0 aliphatic carbocycles. The van der Waals surface area contributed by atoms with Gasteiger partial charge in [0, 0.05) is 47.0 Å². The highest BCUT2D eigenvalue weighted by Gasteiger charge is 2.50. The molecule has 0 spiro atoms. The van der Waals surface area contributed by atoms with Crippen LogP contribution < -0.4 is 10.6 Å². The van der Waals surface area contributed by atoms with Gasteiger partial charge < -0.3 is 30.2 Å². The number of fused-ring (bicyclic) bond motifs is 1. The number of halogens is 3. The van der Waals surface area contributed by atoms with Gasteiger partial charge in [-0.05, 0) is 77.8 Å². The number of hydrogen-bond acceptors (Lipinski definition) is 5. The number of carbonyl (C=O) groups is 4. The van der Waals surface area contributed by atoms with Gasteiger partial charge in [-0.1, -0.05) is 24.3 Å². The second kappa shape index (κ2) is 13.2. The average molecular weight is 730 g/mol. The zero-order valence-corrected chi connectivity index (χ0v) is 26.0. The molecule has 230 valence electrons. The van der Waals surface area contributed by atoms with Crippen LogP contribution in [0.1, 0.15) is 37.3 Å².